The van der Waals surface area contributed by atoms with E-state index in [1.807, 2.05) is 17.9 Å². The van der Waals surface area contributed by atoms with Gasteiger partial charge in [-0.3, -0.25) is 9.67 Å². The number of hydrogen-bond donors (Lipinski definition) is 2. The number of halogens is 1. The summed E-state index contributed by atoms with van der Waals surface area (Å²) in [5.74, 6) is 1.98. The molecule has 1 aromatic heterocycles. The molecule has 1 aliphatic heterocycles. The SMILES string of the molecule is CCNC(=NCCCC1CC1)NC1CCCN(c2cnn(C)c2)C1.I. The maximum absolute atomic E-state index is 4.77. The number of nitrogens with one attached hydrogen (secondary N) is 2. The number of anilines is 1. The first-order valence-corrected chi connectivity index (χ1v) is 9.53. The second-order valence-corrected chi connectivity index (χ2v) is 7.15. The second kappa shape index (κ2) is 10.2. The van der Waals surface area contributed by atoms with Crippen molar-refractivity contribution >= 4 is 35.6 Å². The van der Waals surface area contributed by atoms with Gasteiger partial charge in [-0.2, -0.15) is 5.10 Å². The van der Waals surface area contributed by atoms with Gasteiger partial charge in [0, 0.05) is 45.5 Å². The number of guanidine groups is 1. The van der Waals surface area contributed by atoms with Crippen molar-refractivity contribution in [1.82, 2.24) is 20.4 Å². The normalized spacial score (nSPS) is 21.0. The van der Waals surface area contributed by atoms with Crippen molar-refractivity contribution in [1.29, 1.82) is 0 Å². The van der Waals surface area contributed by atoms with E-state index in [4.69, 9.17) is 4.99 Å². The van der Waals surface area contributed by atoms with Gasteiger partial charge in [0.05, 0.1) is 11.9 Å². The van der Waals surface area contributed by atoms with Gasteiger partial charge in [0.25, 0.3) is 0 Å². The number of hydrogen-bond acceptors (Lipinski definition) is 3. The lowest BCUT2D eigenvalue weighted by molar-refractivity contribution is 0.468. The van der Waals surface area contributed by atoms with Gasteiger partial charge in [0.1, 0.15) is 0 Å². The predicted octanol–water partition coefficient (Wildman–Crippen LogP) is 2.75. The zero-order valence-corrected chi connectivity index (χ0v) is 17.9. The molecule has 2 N–H and O–H groups in total. The van der Waals surface area contributed by atoms with E-state index in [1.54, 1.807) is 0 Å². The number of piperidine rings is 1. The first-order chi connectivity index (χ1) is 11.7. The molecule has 2 fully saturated rings. The Morgan fingerprint density at radius 1 is 1.36 bits per heavy atom. The zero-order chi connectivity index (χ0) is 16.8. The highest BCUT2D eigenvalue weighted by Gasteiger charge is 2.22. The maximum Gasteiger partial charge on any atom is 0.191 e. The third-order valence-corrected chi connectivity index (χ3v) is 4.90. The van der Waals surface area contributed by atoms with E-state index in [2.05, 4.69) is 33.8 Å². The molecule has 7 heteroatoms. The third kappa shape index (κ3) is 6.67. The van der Waals surface area contributed by atoms with Crippen LogP contribution in [0.4, 0.5) is 5.69 Å². The molecule has 2 aliphatic rings. The van der Waals surface area contributed by atoms with Crippen LogP contribution >= 0.6 is 24.0 Å². The van der Waals surface area contributed by atoms with E-state index in [9.17, 15) is 0 Å². The standard InChI is InChI=1S/C18H32N6.HI/c1-3-19-18(20-10-4-6-15-8-9-15)22-16-7-5-11-24(13-16)17-12-21-23(2)14-17;/h12,14-16H,3-11,13H2,1-2H3,(H2,19,20,22);1H. The van der Waals surface area contributed by atoms with Gasteiger partial charge in [-0.25, -0.2) is 0 Å². The molecule has 142 valence electrons. The smallest absolute Gasteiger partial charge is 0.191 e. The van der Waals surface area contributed by atoms with Crippen LogP contribution < -0.4 is 15.5 Å². The van der Waals surface area contributed by atoms with Crippen molar-refractivity contribution in [3.05, 3.63) is 12.4 Å². The Bertz CT molecular complexity index is 539. The number of nitrogens with zero attached hydrogens (tertiary/aromatic N) is 4. The average molecular weight is 460 g/mol. The van der Waals surface area contributed by atoms with Gasteiger partial charge in [-0.1, -0.05) is 12.8 Å². The van der Waals surface area contributed by atoms with Crippen LogP contribution in [0.1, 0.15) is 45.4 Å². The summed E-state index contributed by atoms with van der Waals surface area (Å²) in [4.78, 5) is 7.19. The molecule has 1 unspecified atom stereocenters. The van der Waals surface area contributed by atoms with E-state index in [-0.39, 0.29) is 24.0 Å². The fourth-order valence-electron chi connectivity index (χ4n) is 3.39. The van der Waals surface area contributed by atoms with Gasteiger partial charge in [-0.15, -0.1) is 24.0 Å². The molecule has 1 aliphatic carbocycles. The minimum absolute atomic E-state index is 0. The van der Waals surface area contributed by atoms with Crippen LogP contribution in [0.2, 0.25) is 0 Å². The molecule has 1 atom stereocenters. The molecule has 0 spiro atoms. The predicted molar refractivity (Wildman–Crippen MR) is 115 cm³/mol. The van der Waals surface area contributed by atoms with E-state index < -0.39 is 0 Å². The maximum atomic E-state index is 4.77. The highest BCUT2D eigenvalue weighted by molar-refractivity contribution is 14.0. The molecule has 1 saturated heterocycles. The minimum atomic E-state index is 0. The van der Waals surface area contributed by atoms with Crippen molar-refractivity contribution in [2.75, 3.05) is 31.1 Å². The Hall–Kier alpha value is -0.990. The molecular weight excluding hydrogens is 427 g/mol. The van der Waals surface area contributed by atoms with Crippen LogP contribution in [-0.2, 0) is 7.05 Å². The molecule has 1 saturated carbocycles. The number of aromatic nitrogens is 2. The van der Waals surface area contributed by atoms with Crippen LogP contribution in [-0.4, -0.2) is 48.0 Å². The van der Waals surface area contributed by atoms with Gasteiger partial charge in [-0.05, 0) is 38.5 Å². The Morgan fingerprint density at radius 3 is 2.88 bits per heavy atom. The summed E-state index contributed by atoms with van der Waals surface area (Å²) < 4.78 is 1.87. The van der Waals surface area contributed by atoms with Crippen molar-refractivity contribution in [2.24, 2.45) is 18.0 Å². The average Bonchev–Trinajstić information content (AvgIpc) is 3.31. The van der Waals surface area contributed by atoms with Crippen molar-refractivity contribution in [3.63, 3.8) is 0 Å². The molecule has 25 heavy (non-hydrogen) atoms. The molecule has 0 aromatic carbocycles. The van der Waals surface area contributed by atoms with E-state index in [0.717, 1.165) is 38.1 Å². The van der Waals surface area contributed by atoms with Crippen LogP contribution in [0.25, 0.3) is 0 Å². The lowest BCUT2D eigenvalue weighted by Crippen LogP contribution is -2.51. The molecule has 1 aromatic rings. The molecule has 0 amide bonds. The quantitative estimate of drug-likeness (QED) is 0.285. The van der Waals surface area contributed by atoms with Gasteiger partial charge in [0.2, 0.25) is 0 Å². The zero-order valence-electron chi connectivity index (χ0n) is 15.6. The van der Waals surface area contributed by atoms with Crippen molar-refractivity contribution in [2.45, 2.75) is 51.5 Å². The van der Waals surface area contributed by atoms with Crippen molar-refractivity contribution < 1.29 is 0 Å². The highest BCUT2D eigenvalue weighted by Crippen LogP contribution is 2.33. The summed E-state index contributed by atoms with van der Waals surface area (Å²) in [6, 6.07) is 0.445. The van der Waals surface area contributed by atoms with Crippen LogP contribution in [0.15, 0.2) is 17.4 Å². The Labute approximate surface area is 168 Å². The number of rotatable bonds is 7. The molecular formula is C18H33IN6. The van der Waals surface area contributed by atoms with Crippen LogP contribution in [0, 0.1) is 5.92 Å². The molecule has 2 heterocycles. The van der Waals surface area contributed by atoms with E-state index in [1.165, 1.54) is 44.2 Å². The van der Waals surface area contributed by atoms with E-state index >= 15 is 0 Å². The summed E-state index contributed by atoms with van der Waals surface area (Å²) in [5.41, 5.74) is 1.22. The first-order valence-electron chi connectivity index (χ1n) is 9.53. The fraction of sp³-hybridized carbons (Fsp3) is 0.778. The Kier molecular flexibility index (Phi) is 8.32. The second-order valence-electron chi connectivity index (χ2n) is 7.15. The number of aliphatic imine (C=N–C) groups is 1. The topological polar surface area (TPSA) is 57.5 Å². The number of aryl methyl sites for hydroxylation is 1. The lowest BCUT2D eigenvalue weighted by Gasteiger charge is -2.34. The molecule has 3 rings (SSSR count). The Morgan fingerprint density at radius 2 is 2.20 bits per heavy atom. The summed E-state index contributed by atoms with van der Waals surface area (Å²) in [7, 11) is 1.97. The van der Waals surface area contributed by atoms with Gasteiger partial charge in [0.15, 0.2) is 5.96 Å². The Balaban J connectivity index is 0.00000225. The summed E-state index contributed by atoms with van der Waals surface area (Å²) in [5, 5.41) is 11.3. The molecule has 0 radical (unpaired) electrons. The highest BCUT2D eigenvalue weighted by atomic mass is 127. The molecule has 0 bridgehead atoms. The monoisotopic (exact) mass is 460 g/mol. The largest absolute Gasteiger partial charge is 0.367 e. The summed E-state index contributed by atoms with van der Waals surface area (Å²) >= 11 is 0. The van der Waals surface area contributed by atoms with Gasteiger partial charge >= 0.3 is 0 Å². The molecule has 6 nitrogen and oxygen atoms in total. The first kappa shape index (κ1) is 20.3. The third-order valence-electron chi connectivity index (χ3n) is 4.90. The van der Waals surface area contributed by atoms with Gasteiger partial charge < -0.3 is 15.5 Å². The van der Waals surface area contributed by atoms with Crippen molar-refractivity contribution in [3.8, 4) is 0 Å². The van der Waals surface area contributed by atoms with E-state index in [0.29, 0.717) is 6.04 Å². The minimum Gasteiger partial charge on any atom is -0.367 e. The fourth-order valence-corrected chi connectivity index (χ4v) is 3.39. The summed E-state index contributed by atoms with van der Waals surface area (Å²) in [6.07, 6.45) is 11.9. The van der Waals surface area contributed by atoms with Crippen LogP contribution in [0.5, 0.6) is 0 Å². The lowest BCUT2D eigenvalue weighted by atomic mass is 10.1. The summed E-state index contributed by atoms with van der Waals surface area (Å²) in [6.45, 7) is 6.10. The van der Waals surface area contributed by atoms with Crippen LogP contribution in [0.3, 0.4) is 0 Å².